The smallest absolute Gasteiger partial charge is 0.276 e. The minimum Gasteiger partial charge on any atom is -0.483 e. The molecule has 4 aromatic rings. The highest BCUT2D eigenvalue weighted by atomic mass is 16.5. The number of carbonyl (C=O) groups is 2. The van der Waals surface area contributed by atoms with Crippen molar-refractivity contribution in [2.75, 3.05) is 6.61 Å². The molecule has 2 amide bonds. The molecule has 7 heteroatoms. The van der Waals surface area contributed by atoms with E-state index in [1.807, 2.05) is 68.4 Å². The molecule has 0 aliphatic rings. The van der Waals surface area contributed by atoms with Gasteiger partial charge in [-0.3, -0.25) is 25.4 Å². The number of pyridine rings is 2. The van der Waals surface area contributed by atoms with Gasteiger partial charge in [-0.15, -0.1) is 0 Å². The van der Waals surface area contributed by atoms with E-state index in [1.165, 1.54) is 0 Å². The number of rotatable bonds is 5. The van der Waals surface area contributed by atoms with Crippen LogP contribution in [0.1, 0.15) is 21.5 Å². The number of fused-ring (bicyclic) bond motifs is 1. The fourth-order valence-electron chi connectivity index (χ4n) is 3.27. The van der Waals surface area contributed by atoms with Gasteiger partial charge in [-0.1, -0.05) is 30.3 Å². The molecule has 0 aliphatic carbocycles. The van der Waals surface area contributed by atoms with Crippen LogP contribution >= 0.6 is 0 Å². The fraction of sp³-hybridized carbons (Fsp3) is 0.120. The maximum Gasteiger partial charge on any atom is 0.276 e. The molecule has 2 aromatic carbocycles. The number of aromatic nitrogens is 2. The first-order valence-corrected chi connectivity index (χ1v) is 10.1. The Bertz CT molecular complexity index is 1290. The Hall–Kier alpha value is -4.26. The summed E-state index contributed by atoms with van der Waals surface area (Å²) in [6.45, 7) is 3.64. The minimum atomic E-state index is -0.466. The topological polar surface area (TPSA) is 93.2 Å². The number of nitrogens with zero attached hydrogens (tertiary/aromatic N) is 2. The third-order valence-electron chi connectivity index (χ3n) is 4.95. The van der Waals surface area contributed by atoms with Gasteiger partial charge >= 0.3 is 0 Å². The van der Waals surface area contributed by atoms with E-state index >= 15 is 0 Å². The lowest BCUT2D eigenvalue weighted by atomic mass is 10.0. The molecule has 7 nitrogen and oxygen atoms in total. The molecule has 32 heavy (non-hydrogen) atoms. The van der Waals surface area contributed by atoms with E-state index in [-0.39, 0.29) is 6.61 Å². The number of carbonyl (C=O) groups excluding carboxylic acids is 2. The number of para-hydroxylation sites is 1. The van der Waals surface area contributed by atoms with Crippen molar-refractivity contribution < 1.29 is 14.3 Å². The second-order valence-corrected chi connectivity index (χ2v) is 7.37. The molecule has 160 valence electrons. The van der Waals surface area contributed by atoms with E-state index in [4.69, 9.17) is 4.74 Å². The standard InChI is InChI=1S/C25H22N4O3/c1-16-7-8-17(2)23(13-16)32-15-24(30)28-29-25(31)20-14-22(18-9-11-26-12-10-18)27-21-6-4-3-5-19(20)21/h3-14H,15H2,1-2H3,(H,28,30)(H,29,31). The molecule has 2 aromatic heterocycles. The van der Waals surface area contributed by atoms with Gasteiger partial charge in [-0.2, -0.15) is 0 Å². The number of aryl methyl sites for hydroxylation is 2. The van der Waals surface area contributed by atoms with Crippen LogP contribution in [0.25, 0.3) is 22.2 Å². The number of nitrogens with one attached hydrogen (secondary N) is 2. The van der Waals surface area contributed by atoms with Gasteiger partial charge in [-0.05, 0) is 55.3 Å². The highest BCUT2D eigenvalue weighted by molar-refractivity contribution is 6.07. The molecule has 0 fully saturated rings. The second-order valence-electron chi connectivity index (χ2n) is 7.37. The van der Waals surface area contributed by atoms with Crippen LogP contribution < -0.4 is 15.6 Å². The number of hydrazine groups is 1. The zero-order chi connectivity index (χ0) is 22.5. The lowest BCUT2D eigenvalue weighted by molar-refractivity contribution is -0.123. The first kappa shape index (κ1) is 21.0. The highest BCUT2D eigenvalue weighted by Crippen LogP contribution is 2.24. The largest absolute Gasteiger partial charge is 0.483 e. The summed E-state index contributed by atoms with van der Waals surface area (Å²) in [5, 5.41) is 0.684. The lowest BCUT2D eigenvalue weighted by Gasteiger charge is -2.12. The molecule has 4 rings (SSSR count). The van der Waals surface area contributed by atoms with Crippen LogP contribution in [0.5, 0.6) is 5.75 Å². The molecule has 2 heterocycles. The number of benzene rings is 2. The summed E-state index contributed by atoms with van der Waals surface area (Å²) in [7, 11) is 0. The van der Waals surface area contributed by atoms with Crippen molar-refractivity contribution in [2.24, 2.45) is 0 Å². The monoisotopic (exact) mass is 426 g/mol. The van der Waals surface area contributed by atoms with Crippen molar-refractivity contribution in [3.63, 3.8) is 0 Å². The predicted molar refractivity (Wildman–Crippen MR) is 122 cm³/mol. The Morgan fingerprint density at radius 3 is 2.53 bits per heavy atom. The third kappa shape index (κ3) is 4.73. The quantitative estimate of drug-likeness (QED) is 0.474. The molecular formula is C25H22N4O3. The first-order chi connectivity index (χ1) is 15.5. The number of hydrogen-bond acceptors (Lipinski definition) is 5. The molecule has 0 saturated heterocycles. The van der Waals surface area contributed by atoms with Crippen molar-refractivity contribution in [3.05, 3.63) is 89.7 Å². The molecule has 0 bridgehead atoms. The summed E-state index contributed by atoms with van der Waals surface area (Å²) >= 11 is 0. The van der Waals surface area contributed by atoms with E-state index < -0.39 is 11.8 Å². The second kappa shape index (κ2) is 9.26. The number of hydrogen-bond donors (Lipinski definition) is 2. The van der Waals surface area contributed by atoms with E-state index in [0.29, 0.717) is 27.9 Å². The SMILES string of the molecule is Cc1ccc(C)c(OCC(=O)NNC(=O)c2cc(-c3ccncc3)nc3ccccc23)c1. The van der Waals surface area contributed by atoms with Gasteiger partial charge in [0.25, 0.3) is 11.8 Å². The van der Waals surface area contributed by atoms with Gasteiger partial charge in [0.2, 0.25) is 0 Å². The van der Waals surface area contributed by atoms with Gasteiger partial charge in [0.1, 0.15) is 5.75 Å². The third-order valence-corrected chi connectivity index (χ3v) is 4.95. The van der Waals surface area contributed by atoms with Crippen molar-refractivity contribution >= 4 is 22.7 Å². The molecule has 0 aliphatic heterocycles. The van der Waals surface area contributed by atoms with Crippen LogP contribution in [0.15, 0.2) is 73.1 Å². The molecule has 0 radical (unpaired) electrons. The van der Waals surface area contributed by atoms with Crippen LogP contribution in [0.3, 0.4) is 0 Å². The first-order valence-electron chi connectivity index (χ1n) is 10.1. The summed E-state index contributed by atoms with van der Waals surface area (Å²) in [4.78, 5) is 33.8. The molecule has 2 N–H and O–H groups in total. The van der Waals surface area contributed by atoms with Gasteiger partial charge in [0, 0.05) is 23.3 Å². The zero-order valence-electron chi connectivity index (χ0n) is 17.8. The van der Waals surface area contributed by atoms with Crippen LogP contribution in [-0.4, -0.2) is 28.4 Å². The maximum atomic E-state index is 12.9. The maximum absolute atomic E-state index is 12.9. The average Bonchev–Trinajstić information content (AvgIpc) is 2.83. The normalized spacial score (nSPS) is 10.6. The molecule has 0 unspecified atom stereocenters. The fourth-order valence-corrected chi connectivity index (χ4v) is 3.27. The van der Waals surface area contributed by atoms with Crippen LogP contribution in [0.4, 0.5) is 0 Å². The Morgan fingerprint density at radius 2 is 1.72 bits per heavy atom. The Morgan fingerprint density at radius 1 is 0.938 bits per heavy atom. The van der Waals surface area contributed by atoms with Crippen molar-refractivity contribution in [1.29, 1.82) is 0 Å². The molecular weight excluding hydrogens is 404 g/mol. The van der Waals surface area contributed by atoms with E-state index in [0.717, 1.165) is 16.7 Å². The Labute approximate surface area is 185 Å². The predicted octanol–water partition coefficient (Wildman–Crippen LogP) is 3.75. The lowest BCUT2D eigenvalue weighted by Crippen LogP contribution is -2.44. The summed E-state index contributed by atoms with van der Waals surface area (Å²) in [5.41, 5.74) is 9.41. The summed E-state index contributed by atoms with van der Waals surface area (Å²) in [6.07, 6.45) is 3.34. The summed E-state index contributed by atoms with van der Waals surface area (Å²) < 4.78 is 5.59. The van der Waals surface area contributed by atoms with Crippen molar-refractivity contribution in [3.8, 4) is 17.0 Å². The van der Waals surface area contributed by atoms with Crippen LogP contribution in [-0.2, 0) is 4.79 Å². The van der Waals surface area contributed by atoms with E-state index in [9.17, 15) is 9.59 Å². The number of ether oxygens (including phenoxy) is 1. The zero-order valence-corrected chi connectivity index (χ0v) is 17.8. The van der Waals surface area contributed by atoms with Crippen molar-refractivity contribution in [2.45, 2.75) is 13.8 Å². The van der Waals surface area contributed by atoms with Gasteiger partial charge < -0.3 is 4.74 Å². The van der Waals surface area contributed by atoms with Crippen LogP contribution in [0, 0.1) is 13.8 Å². The highest BCUT2D eigenvalue weighted by Gasteiger charge is 2.15. The molecule has 0 atom stereocenters. The molecule has 0 saturated carbocycles. The minimum absolute atomic E-state index is 0.218. The van der Waals surface area contributed by atoms with Gasteiger partial charge in [0.15, 0.2) is 6.61 Å². The van der Waals surface area contributed by atoms with Crippen molar-refractivity contribution in [1.82, 2.24) is 20.8 Å². The Kier molecular flexibility index (Phi) is 6.07. The number of amides is 2. The van der Waals surface area contributed by atoms with Crippen LogP contribution in [0.2, 0.25) is 0 Å². The van der Waals surface area contributed by atoms with Gasteiger partial charge in [-0.25, -0.2) is 4.98 Å². The van der Waals surface area contributed by atoms with E-state index in [1.54, 1.807) is 18.5 Å². The van der Waals surface area contributed by atoms with Gasteiger partial charge in [0.05, 0.1) is 16.8 Å². The summed E-state index contributed by atoms with van der Waals surface area (Å²) in [6, 6.07) is 18.5. The summed E-state index contributed by atoms with van der Waals surface area (Å²) in [5.74, 6) is -0.278. The average molecular weight is 426 g/mol. The Balaban J connectivity index is 1.48. The van der Waals surface area contributed by atoms with E-state index in [2.05, 4.69) is 20.8 Å². The molecule has 0 spiro atoms.